The molecule has 0 aliphatic heterocycles. The third kappa shape index (κ3) is 15.9. The third-order valence-electron chi connectivity index (χ3n) is 2.30. The van der Waals surface area contributed by atoms with Gasteiger partial charge in [0.2, 0.25) is 0 Å². The molecule has 17 heavy (non-hydrogen) atoms. The van der Waals surface area contributed by atoms with Crippen LogP contribution < -0.4 is 5.32 Å². The fraction of sp³-hybridized carbons (Fsp3) is 1.00. The Morgan fingerprint density at radius 1 is 0.941 bits per heavy atom. The predicted octanol–water partition coefficient (Wildman–Crippen LogP) is 2.99. The van der Waals surface area contributed by atoms with Gasteiger partial charge in [-0.15, -0.1) is 0 Å². The monoisotopic (exact) mass is 245 g/mol. The molecule has 0 aromatic carbocycles. The summed E-state index contributed by atoms with van der Waals surface area (Å²) in [5, 5.41) is 3.48. The van der Waals surface area contributed by atoms with Crippen molar-refractivity contribution >= 4 is 0 Å². The molecule has 0 amide bonds. The summed E-state index contributed by atoms with van der Waals surface area (Å²) in [5.41, 5.74) is 0.241. The summed E-state index contributed by atoms with van der Waals surface area (Å²) in [4.78, 5) is 0. The molecule has 0 aliphatic rings. The first-order valence-electron chi connectivity index (χ1n) is 6.86. The Balaban J connectivity index is 3.04. The minimum absolute atomic E-state index is 0.241. The van der Waals surface area contributed by atoms with E-state index in [-0.39, 0.29) is 5.54 Å². The van der Waals surface area contributed by atoms with E-state index in [0.29, 0.717) is 12.7 Å². The van der Waals surface area contributed by atoms with Gasteiger partial charge in [-0.3, -0.25) is 0 Å². The molecule has 0 unspecified atom stereocenters. The maximum atomic E-state index is 5.49. The van der Waals surface area contributed by atoms with Gasteiger partial charge in [0.05, 0.1) is 19.3 Å². The highest BCUT2D eigenvalue weighted by molar-refractivity contribution is 4.69. The van der Waals surface area contributed by atoms with Crippen molar-refractivity contribution in [2.24, 2.45) is 0 Å². The number of nitrogens with one attached hydrogen (secondary N) is 1. The number of rotatable bonds is 10. The first-order chi connectivity index (χ1) is 7.92. The quantitative estimate of drug-likeness (QED) is 0.600. The van der Waals surface area contributed by atoms with Crippen molar-refractivity contribution in [3.05, 3.63) is 0 Å². The average Bonchev–Trinajstić information content (AvgIpc) is 2.18. The van der Waals surface area contributed by atoms with E-state index in [1.807, 2.05) is 13.8 Å². The Hall–Kier alpha value is -0.120. The van der Waals surface area contributed by atoms with Crippen LogP contribution in [0.1, 0.15) is 53.9 Å². The van der Waals surface area contributed by atoms with Gasteiger partial charge >= 0.3 is 0 Å². The molecule has 0 heterocycles. The molecule has 1 N–H and O–H groups in total. The smallest absolute Gasteiger partial charge is 0.0703 e. The molecule has 0 aromatic heterocycles. The largest absolute Gasteiger partial charge is 0.379 e. The van der Waals surface area contributed by atoms with E-state index in [4.69, 9.17) is 9.47 Å². The van der Waals surface area contributed by atoms with Crippen LogP contribution >= 0.6 is 0 Å². The molecule has 0 aliphatic carbocycles. The average molecular weight is 245 g/mol. The van der Waals surface area contributed by atoms with Crippen molar-refractivity contribution in [3.63, 3.8) is 0 Å². The fourth-order valence-electron chi connectivity index (χ4n) is 1.41. The highest BCUT2D eigenvalue weighted by Crippen LogP contribution is 2.00. The minimum Gasteiger partial charge on any atom is -0.379 e. The van der Waals surface area contributed by atoms with Crippen molar-refractivity contribution < 1.29 is 9.47 Å². The molecule has 3 heteroatoms. The standard InChI is InChI=1S/C14H31NO2/c1-13(2)17-12-11-16-10-8-6-7-9-15-14(3,4)5/h13,15H,6-12H2,1-5H3. The Morgan fingerprint density at radius 3 is 2.24 bits per heavy atom. The second-order valence-corrected chi connectivity index (χ2v) is 5.77. The maximum Gasteiger partial charge on any atom is 0.0703 e. The number of ether oxygens (including phenoxy) is 2. The highest BCUT2D eigenvalue weighted by Gasteiger charge is 2.06. The van der Waals surface area contributed by atoms with E-state index in [1.54, 1.807) is 0 Å². The summed E-state index contributed by atoms with van der Waals surface area (Å²) in [6.45, 7) is 14.1. The number of unbranched alkanes of at least 4 members (excludes halogenated alkanes) is 2. The zero-order valence-corrected chi connectivity index (χ0v) is 12.3. The molecule has 0 bridgehead atoms. The van der Waals surface area contributed by atoms with Gasteiger partial charge in [-0.25, -0.2) is 0 Å². The summed E-state index contributed by atoms with van der Waals surface area (Å²) >= 11 is 0. The molecule has 0 fully saturated rings. The molecular formula is C14H31NO2. The molecule has 0 atom stereocenters. The van der Waals surface area contributed by atoms with Crippen molar-refractivity contribution in [2.45, 2.75) is 65.5 Å². The van der Waals surface area contributed by atoms with Crippen LogP contribution in [0.4, 0.5) is 0 Å². The van der Waals surface area contributed by atoms with Crippen LogP contribution in [0.15, 0.2) is 0 Å². The van der Waals surface area contributed by atoms with Gasteiger partial charge in [-0.05, 0) is 60.4 Å². The van der Waals surface area contributed by atoms with Crippen LogP contribution in [0.2, 0.25) is 0 Å². The Bertz CT molecular complexity index is 164. The molecular weight excluding hydrogens is 214 g/mol. The number of hydrogen-bond donors (Lipinski definition) is 1. The van der Waals surface area contributed by atoms with Gasteiger partial charge in [-0.1, -0.05) is 0 Å². The molecule has 104 valence electrons. The lowest BCUT2D eigenvalue weighted by Gasteiger charge is -2.20. The van der Waals surface area contributed by atoms with E-state index in [0.717, 1.165) is 26.2 Å². The normalized spacial score (nSPS) is 12.4. The lowest BCUT2D eigenvalue weighted by molar-refractivity contribution is 0.0186. The summed E-state index contributed by atoms with van der Waals surface area (Å²) in [6.07, 6.45) is 3.91. The fourth-order valence-corrected chi connectivity index (χ4v) is 1.41. The van der Waals surface area contributed by atoms with Crippen LogP contribution in [0.5, 0.6) is 0 Å². The third-order valence-corrected chi connectivity index (χ3v) is 2.30. The zero-order chi connectivity index (χ0) is 13.1. The zero-order valence-electron chi connectivity index (χ0n) is 12.3. The summed E-state index contributed by atoms with van der Waals surface area (Å²) in [5.74, 6) is 0. The van der Waals surface area contributed by atoms with Crippen LogP contribution in [-0.2, 0) is 9.47 Å². The molecule has 0 radical (unpaired) electrons. The van der Waals surface area contributed by atoms with Crippen LogP contribution in [-0.4, -0.2) is 38.0 Å². The van der Waals surface area contributed by atoms with Gasteiger partial charge in [0.15, 0.2) is 0 Å². The van der Waals surface area contributed by atoms with Gasteiger partial charge < -0.3 is 14.8 Å². The van der Waals surface area contributed by atoms with E-state index in [2.05, 4.69) is 26.1 Å². The molecule has 0 spiro atoms. The molecule has 0 saturated carbocycles. The van der Waals surface area contributed by atoms with Gasteiger partial charge in [0, 0.05) is 12.1 Å². The Morgan fingerprint density at radius 2 is 1.65 bits per heavy atom. The second kappa shape index (κ2) is 9.86. The van der Waals surface area contributed by atoms with E-state index < -0.39 is 0 Å². The van der Waals surface area contributed by atoms with E-state index >= 15 is 0 Å². The van der Waals surface area contributed by atoms with Crippen LogP contribution in [0.3, 0.4) is 0 Å². The topological polar surface area (TPSA) is 30.5 Å². The van der Waals surface area contributed by atoms with Crippen LogP contribution in [0.25, 0.3) is 0 Å². The van der Waals surface area contributed by atoms with Crippen LogP contribution in [0, 0.1) is 0 Å². The van der Waals surface area contributed by atoms with Crippen molar-refractivity contribution in [1.29, 1.82) is 0 Å². The molecule has 0 aromatic rings. The Kier molecular flexibility index (Phi) is 9.79. The SMILES string of the molecule is CC(C)OCCOCCCCCNC(C)(C)C. The second-order valence-electron chi connectivity index (χ2n) is 5.77. The van der Waals surface area contributed by atoms with Gasteiger partial charge in [0.25, 0.3) is 0 Å². The minimum atomic E-state index is 0.241. The van der Waals surface area contributed by atoms with Crippen molar-refractivity contribution in [3.8, 4) is 0 Å². The lowest BCUT2D eigenvalue weighted by Crippen LogP contribution is -2.36. The molecule has 3 nitrogen and oxygen atoms in total. The number of hydrogen-bond acceptors (Lipinski definition) is 3. The predicted molar refractivity (Wildman–Crippen MR) is 73.5 cm³/mol. The van der Waals surface area contributed by atoms with E-state index in [9.17, 15) is 0 Å². The highest BCUT2D eigenvalue weighted by atomic mass is 16.5. The van der Waals surface area contributed by atoms with E-state index in [1.165, 1.54) is 12.8 Å². The lowest BCUT2D eigenvalue weighted by atomic mass is 10.1. The van der Waals surface area contributed by atoms with Crippen molar-refractivity contribution in [1.82, 2.24) is 5.32 Å². The molecule has 0 rings (SSSR count). The summed E-state index contributed by atoms with van der Waals surface area (Å²) in [6, 6.07) is 0. The van der Waals surface area contributed by atoms with Crippen molar-refractivity contribution in [2.75, 3.05) is 26.4 Å². The maximum absolute atomic E-state index is 5.49. The Labute approximate surface area is 107 Å². The summed E-state index contributed by atoms with van der Waals surface area (Å²) in [7, 11) is 0. The van der Waals surface area contributed by atoms with Gasteiger partial charge in [0.1, 0.15) is 0 Å². The summed E-state index contributed by atoms with van der Waals surface area (Å²) < 4.78 is 10.9. The first-order valence-corrected chi connectivity index (χ1v) is 6.86. The first kappa shape index (κ1) is 16.9. The molecule has 0 saturated heterocycles. The van der Waals surface area contributed by atoms with Gasteiger partial charge in [-0.2, -0.15) is 0 Å².